The summed E-state index contributed by atoms with van der Waals surface area (Å²) in [5, 5.41) is -0.333. The van der Waals surface area contributed by atoms with Gasteiger partial charge in [0.1, 0.15) is 12.2 Å². The fraction of sp³-hybridized carbons (Fsp3) is 0.500. The topological polar surface area (TPSA) is 38.7 Å². The first-order chi connectivity index (χ1) is 7.50. The molecule has 0 aliphatic carbocycles. The van der Waals surface area contributed by atoms with Gasteiger partial charge in [-0.25, -0.2) is 15.0 Å². The highest BCUT2D eigenvalue weighted by Crippen LogP contribution is 1.99. The summed E-state index contributed by atoms with van der Waals surface area (Å²) in [5.41, 5.74) is 0. The Morgan fingerprint density at radius 1 is 1.80 bits per heavy atom. The highest BCUT2D eigenvalue weighted by atomic mass is 35.5. The Hall–Kier alpha value is -0.700. The molecule has 0 fully saturated rings. The SMILES string of the molecule is [2H]C([2H])([2H])C([2H])([2H])C([2H])([2H])c1ncnc(Cl)n1. The zero-order valence-corrected chi connectivity index (χ0v) is 5.55. The molecule has 0 saturated heterocycles. The zero-order valence-electron chi connectivity index (χ0n) is 11.8. The van der Waals surface area contributed by atoms with E-state index in [2.05, 4.69) is 15.0 Å². The molecule has 1 aromatic rings. The average molecular weight is 165 g/mol. The predicted octanol–water partition coefficient (Wildman–Crippen LogP) is 1.48. The Kier molecular flexibility index (Phi) is 0.835. The molecule has 0 aliphatic heterocycles. The fourth-order valence-corrected chi connectivity index (χ4v) is 0.516. The van der Waals surface area contributed by atoms with Gasteiger partial charge in [-0.2, -0.15) is 0 Å². The van der Waals surface area contributed by atoms with E-state index in [9.17, 15) is 0 Å². The van der Waals surface area contributed by atoms with Crippen LogP contribution in [0.1, 0.15) is 28.6 Å². The van der Waals surface area contributed by atoms with Crippen LogP contribution in [0.3, 0.4) is 0 Å². The van der Waals surface area contributed by atoms with E-state index < -0.39 is 25.4 Å². The Bertz CT molecular complexity index is 418. The van der Waals surface area contributed by atoms with Gasteiger partial charge in [0, 0.05) is 16.0 Å². The van der Waals surface area contributed by atoms with Crippen LogP contribution in [0.4, 0.5) is 0 Å². The molecule has 0 spiro atoms. The maximum atomic E-state index is 7.54. The first kappa shape index (κ1) is 2.41. The number of aromatic nitrogens is 3. The second-order valence-corrected chi connectivity index (χ2v) is 1.67. The molecular formula is C6H8ClN3. The van der Waals surface area contributed by atoms with Gasteiger partial charge in [0.15, 0.2) is 0 Å². The summed E-state index contributed by atoms with van der Waals surface area (Å²) in [6.07, 6.45) is -5.17. The van der Waals surface area contributed by atoms with E-state index in [0.717, 1.165) is 6.33 Å². The predicted molar refractivity (Wildman–Crippen MR) is 38.8 cm³/mol. The number of aryl methyl sites for hydroxylation is 1. The van der Waals surface area contributed by atoms with E-state index in [-0.39, 0.29) is 5.28 Å². The van der Waals surface area contributed by atoms with Gasteiger partial charge in [0.05, 0.1) is 0 Å². The van der Waals surface area contributed by atoms with Gasteiger partial charge in [-0.15, -0.1) is 0 Å². The maximum Gasteiger partial charge on any atom is 0.225 e. The summed E-state index contributed by atoms with van der Waals surface area (Å²) in [5.74, 6) is -0.654. The molecule has 0 N–H and O–H groups in total. The second kappa shape index (κ2) is 3.46. The molecule has 3 nitrogen and oxygen atoms in total. The Morgan fingerprint density at radius 3 is 3.40 bits per heavy atom. The lowest BCUT2D eigenvalue weighted by molar-refractivity contribution is 0.816. The van der Waals surface area contributed by atoms with Crippen LogP contribution in [0.25, 0.3) is 0 Å². The molecule has 0 unspecified atom stereocenters. The Balaban J connectivity index is 3.28. The summed E-state index contributed by atoms with van der Waals surface area (Å²) in [4.78, 5) is 10.2. The standard InChI is InChI=1S/C6H8ClN3/c1-2-3-5-8-4-9-6(7)10-5/h4H,2-3H2,1H3/i1D3,2D2,3D2. The summed E-state index contributed by atoms with van der Waals surface area (Å²) in [6, 6.07) is 0. The Labute approximate surface area is 74.3 Å². The Morgan fingerprint density at radius 2 is 2.70 bits per heavy atom. The van der Waals surface area contributed by atoms with E-state index in [4.69, 9.17) is 21.2 Å². The van der Waals surface area contributed by atoms with Crippen molar-refractivity contribution in [1.82, 2.24) is 15.0 Å². The number of hydrogen-bond donors (Lipinski definition) is 0. The summed E-state index contributed by atoms with van der Waals surface area (Å²) < 4.78 is 50.9. The van der Waals surface area contributed by atoms with Crippen molar-refractivity contribution in [3.8, 4) is 0 Å². The van der Waals surface area contributed by atoms with Crippen molar-refractivity contribution in [2.24, 2.45) is 0 Å². The lowest BCUT2D eigenvalue weighted by Crippen LogP contribution is -1.94. The van der Waals surface area contributed by atoms with Gasteiger partial charge in [0.2, 0.25) is 5.28 Å². The molecule has 4 heteroatoms. The molecule has 1 rings (SSSR count). The second-order valence-electron chi connectivity index (χ2n) is 1.33. The summed E-state index contributed by atoms with van der Waals surface area (Å²) in [6.45, 7) is -3.16. The van der Waals surface area contributed by atoms with Crippen LogP contribution in [-0.4, -0.2) is 15.0 Å². The van der Waals surface area contributed by atoms with E-state index in [1.807, 2.05) is 0 Å². The van der Waals surface area contributed by atoms with Crippen LogP contribution in [0, 0.1) is 0 Å². The highest BCUT2D eigenvalue weighted by molar-refractivity contribution is 6.28. The monoisotopic (exact) mass is 164 g/mol. The molecule has 0 atom stereocenters. The fourth-order valence-electron chi connectivity index (χ4n) is 0.392. The highest BCUT2D eigenvalue weighted by Gasteiger charge is 1.94. The van der Waals surface area contributed by atoms with Crippen molar-refractivity contribution >= 4 is 11.6 Å². The molecule has 10 heavy (non-hydrogen) atoms. The molecule has 0 saturated carbocycles. The van der Waals surface area contributed by atoms with Crippen LogP contribution < -0.4 is 0 Å². The van der Waals surface area contributed by atoms with Gasteiger partial charge in [-0.1, -0.05) is 6.85 Å². The molecule has 1 heterocycles. The van der Waals surface area contributed by atoms with Crippen LogP contribution in [-0.2, 0) is 6.37 Å². The number of rotatable bonds is 2. The smallest absolute Gasteiger partial charge is 0.221 e. The molecule has 54 valence electrons. The van der Waals surface area contributed by atoms with Gasteiger partial charge >= 0.3 is 0 Å². The molecule has 0 amide bonds. The minimum absolute atomic E-state index is 0.333. The van der Waals surface area contributed by atoms with Crippen molar-refractivity contribution in [2.45, 2.75) is 19.6 Å². The van der Waals surface area contributed by atoms with Gasteiger partial charge in [0.25, 0.3) is 0 Å². The average Bonchev–Trinajstić information content (AvgIpc) is 2.15. The summed E-state index contributed by atoms with van der Waals surface area (Å²) >= 11 is 5.42. The van der Waals surface area contributed by atoms with Crippen LogP contribution >= 0.6 is 11.6 Å². The lowest BCUT2D eigenvalue weighted by Gasteiger charge is -1.93. The first-order valence-electron chi connectivity index (χ1n) is 5.85. The first-order valence-corrected chi connectivity index (χ1v) is 2.73. The van der Waals surface area contributed by atoms with Crippen molar-refractivity contribution in [2.75, 3.05) is 0 Å². The summed E-state index contributed by atoms with van der Waals surface area (Å²) in [7, 11) is 0. The quantitative estimate of drug-likeness (QED) is 0.665. The number of nitrogens with zero attached hydrogens (tertiary/aromatic N) is 3. The molecule has 0 bridgehead atoms. The zero-order chi connectivity index (χ0) is 13.5. The van der Waals surface area contributed by atoms with Crippen molar-refractivity contribution in [3.63, 3.8) is 0 Å². The van der Waals surface area contributed by atoms with E-state index >= 15 is 0 Å². The lowest BCUT2D eigenvalue weighted by atomic mass is 10.3. The van der Waals surface area contributed by atoms with Gasteiger partial charge < -0.3 is 0 Å². The van der Waals surface area contributed by atoms with E-state index in [0.29, 0.717) is 0 Å². The van der Waals surface area contributed by atoms with E-state index in [1.165, 1.54) is 0 Å². The van der Waals surface area contributed by atoms with Crippen LogP contribution in [0.15, 0.2) is 6.33 Å². The number of halogens is 1. The third kappa shape index (κ3) is 1.92. The van der Waals surface area contributed by atoms with Crippen LogP contribution in [0.5, 0.6) is 0 Å². The van der Waals surface area contributed by atoms with Crippen molar-refractivity contribution < 1.29 is 9.60 Å². The third-order valence-corrected chi connectivity index (χ3v) is 0.899. The maximum absolute atomic E-state index is 7.54. The molecular weight excluding hydrogens is 150 g/mol. The van der Waals surface area contributed by atoms with Crippen molar-refractivity contribution in [3.05, 3.63) is 17.4 Å². The molecule has 0 radical (unpaired) electrons. The molecule has 0 aliphatic rings. The van der Waals surface area contributed by atoms with E-state index in [1.54, 1.807) is 0 Å². The van der Waals surface area contributed by atoms with Gasteiger partial charge in [-0.05, 0) is 18.0 Å². The normalized spacial score (nSPS) is 24.3. The van der Waals surface area contributed by atoms with Crippen molar-refractivity contribution in [1.29, 1.82) is 0 Å². The van der Waals surface area contributed by atoms with Crippen LogP contribution in [0.2, 0.25) is 5.28 Å². The van der Waals surface area contributed by atoms with Gasteiger partial charge in [-0.3, -0.25) is 0 Å². The minimum atomic E-state index is -3.16. The molecule has 0 aromatic carbocycles. The molecule has 1 aromatic heterocycles. The largest absolute Gasteiger partial charge is 0.225 e. The number of hydrogen-bond acceptors (Lipinski definition) is 3. The minimum Gasteiger partial charge on any atom is -0.221 e. The third-order valence-electron chi connectivity index (χ3n) is 0.717.